The largest absolute Gasteiger partial charge is 0.464 e. The van der Waals surface area contributed by atoms with Crippen LogP contribution in [0.3, 0.4) is 0 Å². The van der Waals surface area contributed by atoms with Gasteiger partial charge in [0.25, 0.3) is 0 Å². The molecule has 1 aromatic heterocycles. The van der Waals surface area contributed by atoms with Crippen molar-refractivity contribution < 1.29 is 9.53 Å². The van der Waals surface area contributed by atoms with Crippen molar-refractivity contribution in [2.24, 2.45) is 0 Å². The van der Waals surface area contributed by atoms with E-state index >= 15 is 0 Å². The molecule has 0 spiro atoms. The lowest BCUT2D eigenvalue weighted by Crippen LogP contribution is -2.37. The van der Waals surface area contributed by atoms with Crippen LogP contribution in [0.1, 0.15) is 23.3 Å². The molecule has 0 amide bonds. The third kappa shape index (κ3) is 3.35. The molecule has 0 radical (unpaired) electrons. The zero-order chi connectivity index (χ0) is 13.8. The van der Waals surface area contributed by atoms with E-state index in [4.69, 9.17) is 5.73 Å². The maximum absolute atomic E-state index is 11.5. The van der Waals surface area contributed by atoms with Gasteiger partial charge in [-0.15, -0.1) is 0 Å². The standard InChI is InChI=1S/C13H20N4O2/c1-17-7-5-9(6-8-17)15-12-10(14)3-4-11(16-12)13(18)19-2/h3-4,9H,5-8,14H2,1-2H3,(H,15,16). The number of methoxy groups -OCH3 is 1. The molecule has 1 fully saturated rings. The van der Waals surface area contributed by atoms with E-state index < -0.39 is 5.97 Å². The first-order valence-electron chi connectivity index (χ1n) is 6.40. The van der Waals surface area contributed by atoms with Crippen LogP contribution in [0.2, 0.25) is 0 Å². The van der Waals surface area contributed by atoms with Crippen molar-refractivity contribution in [3.63, 3.8) is 0 Å². The Balaban J connectivity index is 2.08. The minimum Gasteiger partial charge on any atom is -0.464 e. The monoisotopic (exact) mass is 264 g/mol. The Kier molecular flexibility index (Phi) is 4.21. The van der Waals surface area contributed by atoms with Gasteiger partial charge in [0.2, 0.25) is 0 Å². The van der Waals surface area contributed by atoms with Gasteiger partial charge in [0.05, 0.1) is 12.8 Å². The molecular weight excluding hydrogens is 244 g/mol. The predicted octanol–water partition coefficient (Wildman–Crippen LogP) is 0.956. The number of nitrogens with two attached hydrogens (primary N) is 1. The number of hydrogen-bond acceptors (Lipinski definition) is 6. The summed E-state index contributed by atoms with van der Waals surface area (Å²) in [5.74, 6) is 0.115. The number of anilines is 2. The molecule has 0 aliphatic carbocycles. The van der Waals surface area contributed by atoms with E-state index in [-0.39, 0.29) is 5.69 Å². The second-order valence-corrected chi connectivity index (χ2v) is 4.85. The molecule has 1 aliphatic heterocycles. The lowest BCUT2D eigenvalue weighted by atomic mass is 10.1. The summed E-state index contributed by atoms with van der Waals surface area (Å²) in [6.07, 6.45) is 2.08. The van der Waals surface area contributed by atoms with Crippen LogP contribution in [-0.2, 0) is 4.74 Å². The van der Waals surface area contributed by atoms with Crippen LogP contribution < -0.4 is 11.1 Å². The van der Waals surface area contributed by atoms with Gasteiger partial charge >= 0.3 is 5.97 Å². The molecule has 2 rings (SSSR count). The number of nitrogens with one attached hydrogen (secondary N) is 1. The van der Waals surface area contributed by atoms with E-state index in [0.717, 1.165) is 25.9 Å². The quantitative estimate of drug-likeness (QED) is 0.791. The molecule has 0 saturated carbocycles. The topological polar surface area (TPSA) is 80.5 Å². The van der Waals surface area contributed by atoms with Gasteiger partial charge in [0, 0.05) is 6.04 Å². The number of hydrogen-bond donors (Lipinski definition) is 2. The van der Waals surface area contributed by atoms with Gasteiger partial charge in [-0.2, -0.15) is 0 Å². The van der Waals surface area contributed by atoms with Crippen LogP contribution >= 0.6 is 0 Å². The van der Waals surface area contributed by atoms with E-state index in [9.17, 15) is 4.79 Å². The molecule has 2 heterocycles. The molecule has 1 saturated heterocycles. The maximum Gasteiger partial charge on any atom is 0.356 e. The summed E-state index contributed by atoms with van der Waals surface area (Å²) in [5, 5.41) is 3.32. The molecular formula is C13H20N4O2. The second-order valence-electron chi connectivity index (χ2n) is 4.85. The van der Waals surface area contributed by atoms with E-state index in [0.29, 0.717) is 17.5 Å². The van der Waals surface area contributed by atoms with Crippen molar-refractivity contribution >= 4 is 17.5 Å². The van der Waals surface area contributed by atoms with E-state index in [2.05, 4.69) is 27.0 Å². The van der Waals surface area contributed by atoms with Crippen LogP contribution in [0.15, 0.2) is 12.1 Å². The summed E-state index contributed by atoms with van der Waals surface area (Å²) in [6, 6.07) is 3.59. The van der Waals surface area contributed by atoms with Crippen molar-refractivity contribution in [2.75, 3.05) is 38.3 Å². The lowest BCUT2D eigenvalue weighted by Gasteiger charge is -2.30. The Morgan fingerprint density at radius 3 is 2.79 bits per heavy atom. The molecule has 1 aromatic rings. The predicted molar refractivity (Wildman–Crippen MR) is 74.1 cm³/mol. The minimum atomic E-state index is -0.452. The number of pyridine rings is 1. The molecule has 6 nitrogen and oxygen atoms in total. The van der Waals surface area contributed by atoms with E-state index in [1.165, 1.54) is 7.11 Å². The maximum atomic E-state index is 11.5. The summed E-state index contributed by atoms with van der Waals surface area (Å²) in [4.78, 5) is 18.0. The van der Waals surface area contributed by atoms with Gasteiger partial charge in [-0.05, 0) is 45.1 Å². The SMILES string of the molecule is COC(=O)c1ccc(N)c(NC2CCN(C)CC2)n1. The molecule has 1 aliphatic rings. The van der Waals surface area contributed by atoms with Gasteiger partial charge in [0.1, 0.15) is 5.82 Å². The van der Waals surface area contributed by atoms with Crippen molar-refractivity contribution in [3.05, 3.63) is 17.8 Å². The average Bonchev–Trinajstić information content (AvgIpc) is 2.43. The van der Waals surface area contributed by atoms with Crippen LogP contribution in [-0.4, -0.2) is 49.1 Å². The van der Waals surface area contributed by atoms with E-state index in [1.54, 1.807) is 12.1 Å². The van der Waals surface area contributed by atoms with Crippen LogP contribution in [0.5, 0.6) is 0 Å². The Morgan fingerprint density at radius 1 is 1.47 bits per heavy atom. The number of nitrogens with zero attached hydrogens (tertiary/aromatic N) is 2. The number of nitrogen functional groups attached to an aromatic ring is 1. The molecule has 0 unspecified atom stereocenters. The number of rotatable bonds is 3. The minimum absolute atomic E-state index is 0.270. The molecule has 0 atom stereocenters. The fraction of sp³-hybridized carbons (Fsp3) is 0.538. The fourth-order valence-corrected chi connectivity index (χ4v) is 2.15. The zero-order valence-corrected chi connectivity index (χ0v) is 11.3. The first kappa shape index (κ1) is 13.6. The Morgan fingerprint density at radius 2 is 2.16 bits per heavy atom. The number of aromatic nitrogens is 1. The molecule has 104 valence electrons. The third-order valence-corrected chi connectivity index (χ3v) is 3.38. The van der Waals surface area contributed by atoms with Crippen LogP contribution in [0.25, 0.3) is 0 Å². The highest BCUT2D eigenvalue weighted by atomic mass is 16.5. The fourth-order valence-electron chi connectivity index (χ4n) is 2.15. The molecule has 0 aromatic carbocycles. The zero-order valence-electron chi connectivity index (χ0n) is 11.3. The lowest BCUT2D eigenvalue weighted by molar-refractivity contribution is 0.0594. The van der Waals surface area contributed by atoms with Crippen molar-refractivity contribution in [1.82, 2.24) is 9.88 Å². The molecule has 0 bridgehead atoms. The number of piperidine rings is 1. The third-order valence-electron chi connectivity index (χ3n) is 3.38. The van der Waals surface area contributed by atoms with Gasteiger partial charge in [-0.25, -0.2) is 9.78 Å². The highest BCUT2D eigenvalue weighted by Gasteiger charge is 2.18. The molecule has 3 N–H and O–H groups in total. The van der Waals surface area contributed by atoms with Gasteiger partial charge in [-0.3, -0.25) is 0 Å². The van der Waals surface area contributed by atoms with Crippen molar-refractivity contribution in [3.8, 4) is 0 Å². The number of carbonyl (C=O) groups is 1. The van der Waals surface area contributed by atoms with Gasteiger partial charge in [0.15, 0.2) is 5.69 Å². The summed E-state index contributed by atoms with van der Waals surface area (Å²) < 4.78 is 4.66. The van der Waals surface area contributed by atoms with Crippen LogP contribution in [0.4, 0.5) is 11.5 Å². The number of ether oxygens (including phenoxy) is 1. The summed E-state index contributed by atoms with van der Waals surface area (Å²) in [5.41, 5.74) is 6.71. The number of esters is 1. The first-order valence-corrected chi connectivity index (χ1v) is 6.40. The average molecular weight is 264 g/mol. The van der Waals surface area contributed by atoms with Gasteiger partial charge in [-0.1, -0.05) is 0 Å². The highest BCUT2D eigenvalue weighted by Crippen LogP contribution is 2.20. The van der Waals surface area contributed by atoms with Crippen molar-refractivity contribution in [2.45, 2.75) is 18.9 Å². The number of likely N-dealkylation sites (tertiary alicyclic amines) is 1. The Bertz CT molecular complexity index is 456. The van der Waals surface area contributed by atoms with Gasteiger partial charge < -0.3 is 20.7 Å². The van der Waals surface area contributed by atoms with Crippen LogP contribution in [0, 0.1) is 0 Å². The van der Waals surface area contributed by atoms with Crippen molar-refractivity contribution in [1.29, 1.82) is 0 Å². The molecule has 19 heavy (non-hydrogen) atoms. The number of carbonyl (C=O) groups excluding carboxylic acids is 1. The first-order chi connectivity index (χ1) is 9.10. The molecule has 6 heteroatoms. The normalized spacial score (nSPS) is 17.2. The smallest absolute Gasteiger partial charge is 0.356 e. The highest BCUT2D eigenvalue weighted by molar-refractivity contribution is 5.88. The van der Waals surface area contributed by atoms with E-state index in [1.807, 2.05) is 0 Å². The Labute approximate surface area is 112 Å². The summed E-state index contributed by atoms with van der Waals surface area (Å²) >= 11 is 0. The summed E-state index contributed by atoms with van der Waals surface area (Å²) in [6.45, 7) is 2.10. The second kappa shape index (κ2) is 5.88. The Hall–Kier alpha value is -1.82. The summed E-state index contributed by atoms with van der Waals surface area (Å²) in [7, 11) is 3.45.